The molecule has 0 bridgehead atoms. The molecule has 4 unspecified atom stereocenters. The summed E-state index contributed by atoms with van der Waals surface area (Å²) in [6.45, 7) is 10.9. The second-order valence-electron chi connectivity index (χ2n) is 8.07. The van der Waals surface area contributed by atoms with Crippen LogP contribution in [0.4, 0.5) is 0 Å². The number of allylic oxidation sites excluding steroid dienone is 3. The number of aliphatic hydroxyl groups is 2. The van der Waals surface area contributed by atoms with Crippen LogP contribution >= 0.6 is 0 Å². The van der Waals surface area contributed by atoms with E-state index in [0.717, 1.165) is 31.3 Å². The zero-order valence-electron chi connectivity index (χ0n) is 16.6. The molecule has 0 saturated heterocycles. The summed E-state index contributed by atoms with van der Waals surface area (Å²) in [6, 6.07) is 0. The lowest BCUT2D eigenvalue weighted by Gasteiger charge is -2.42. The van der Waals surface area contributed by atoms with Gasteiger partial charge < -0.3 is 10.2 Å². The molecule has 142 valence electrons. The van der Waals surface area contributed by atoms with Crippen molar-refractivity contribution in [1.82, 2.24) is 0 Å². The Hall–Kier alpha value is -0.860. The summed E-state index contributed by atoms with van der Waals surface area (Å²) in [5.41, 5.74) is 4.15. The number of hydrogen-bond acceptors (Lipinski definition) is 2. The van der Waals surface area contributed by atoms with E-state index in [1.54, 1.807) is 5.57 Å². The predicted molar refractivity (Wildman–Crippen MR) is 106 cm³/mol. The van der Waals surface area contributed by atoms with Crippen LogP contribution in [0.3, 0.4) is 0 Å². The fourth-order valence-corrected chi connectivity index (χ4v) is 5.41. The Bertz CT molecular complexity index is 516. The lowest BCUT2D eigenvalue weighted by molar-refractivity contribution is 0.111. The fourth-order valence-electron chi connectivity index (χ4n) is 5.41. The lowest BCUT2D eigenvalue weighted by Crippen LogP contribution is -2.33. The standard InChI is InChI=1S/C21H32O2.C2H6/c1-15-16(5-3-7-20(15)23)8-9-17-6-4-13-21(2)18(12-14-22)10-11-19(17)21;1-2/h8-9,18-20,22-23H,1,3-7,10-14H2,2H3;1-2H3/b16-8-,17-9+;. The van der Waals surface area contributed by atoms with Gasteiger partial charge in [-0.25, -0.2) is 0 Å². The van der Waals surface area contributed by atoms with Crippen LogP contribution in [-0.4, -0.2) is 22.9 Å². The monoisotopic (exact) mass is 346 g/mol. The number of fused-ring (bicyclic) bond motifs is 1. The number of rotatable bonds is 3. The summed E-state index contributed by atoms with van der Waals surface area (Å²) < 4.78 is 0. The minimum Gasteiger partial charge on any atom is -0.396 e. The highest BCUT2D eigenvalue weighted by Crippen LogP contribution is 2.58. The highest BCUT2D eigenvalue weighted by molar-refractivity contribution is 5.37. The summed E-state index contributed by atoms with van der Waals surface area (Å²) in [5.74, 6) is 1.37. The van der Waals surface area contributed by atoms with Crippen LogP contribution in [0.2, 0.25) is 0 Å². The molecule has 3 fully saturated rings. The quantitative estimate of drug-likeness (QED) is 0.702. The Kier molecular flexibility index (Phi) is 7.51. The van der Waals surface area contributed by atoms with Crippen molar-refractivity contribution in [2.24, 2.45) is 17.3 Å². The molecule has 2 N–H and O–H groups in total. The first-order chi connectivity index (χ1) is 12.1. The molecule has 0 aromatic carbocycles. The van der Waals surface area contributed by atoms with Gasteiger partial charge in [0.2, 0.25) is 0 Å². The van der Waals surface area contributed by atoms with E-state index in [1.807, 2.05) is 13.8 Å². The zero-order chi connectivity index (χ0) is 18.4. The SMILES string of the molecule is C=C1/C(=C\C=C2/CCCC3(C)C(CCO)CCC23)CCCC1O.CC. The maximum Gasteiger partial charge on any atom is 0.0787 e. The number of hydrogen-bond donors (Lipinski definition) is 2. The largest absolute Gasteiger partial charge is 0.396 e. The van der Waals surface area contributed by atoms with Crippen LogP contribution < -0.4 is 0 Å². The third-order valence-electron chi connectivity index (χ3n) is 6.88. The van der Waals surface area contributed by atoms with Crippen LogP contribution in [0, 0.1) is 17.3 Å². The van der Waals surface area contributed by atoms with E-state index in [1.165, 1.54) is 37.7 Å². The molecule has 0 spiro atoms. The summed E-state index contributed by atoms with van der Waals surface area (Å²) >= 11 is 0. The third-order valence-corrected chi connectivity index (χ3v) is 6.88. The van der Waals surface area contributed by atoms with Crippen molar-refractivity contribution in [1.29, 1.82) is 0 Å². The highest BCUT2D eigenvalue weighted by atomic mass is 16.3. The molecule has 2 heteroatoms. The molecule has 0 radical (unpaired) electrons. The third kappa shape index (κ3) is 4.28. The van der Waals surface area contributed by atoms with Gasteiger partial charge in [0, 0.05) is 6.61 Å². The summed E-state index contributed by atoms with van der Waals surface area (Å²) in [6.07, 6.45) is 14.5. The first kappa shape index (κ1) is 20.5. The van der Waals surface area contributed by atoms with Crippen LogP contribution in [0.5, 0.6) is 0 Å². The van der Waals surface area contributed by atoms with Gasteiger partial charge in [-0.15, -0.1) is 0 Å². The molecule has 0 aromatic heterocycles. The predicted octanol–water partition coefficient (Wildman–Crippen LogP) is 5.57. The summed E-state index contributed by atoms with van der Waals surface area (Å²) in [4.78, 5) is 0. The molecule has 3 saturated carbocycles. The van der Waals surface area contributed by atoms with Gasteiger partial charge in [0.25, 0.3) is 0 Å². The van der Waals surface area contributed by atoms with Gasteiger partial charge in [0.1, 0.15) is 0 Å². The van der Waals surface area contributed by atoms with Gasteiger partial charge in [0.05, 0.1) is 6.10 Å². The average molecular weight is 347 g/mol. The normalized spacial score (nSPS) is 38.4. The topological polar surface area (TPSA) is 40.5 Å². The maximum absolute atomic E-state index is 9.99. The molecular formula is C23H38O2. The summed E-state index contributed by atoms with van der Waals surface area (Å²) in [5, 5.41) is 19.4. The molecule has 0 amide bonds. The van der Waals surface area contributed by atoms with Gasteiger partial charge in [-0.2, -0.15) is 0 Å². The van der Waals surface area contributed by atoms with Gasteiger partial charge in [-0.05, 0) is 86.2 Å². The van der Waals surface area contributed by atoms with Crippen LogP contribution in [0.25, 0.3) is 0 Å². The Morgan fingerprint density at radius 1 is 1.12 bits per heavy atom. The summed E-state index contributed by atoms with van der Waals surface area (Å²) in [7, 11) is 0. The minimum absolute atomic E-state index is 0.327. The van der Waals surface area contributed by atoms with Crippen molar-refractivity contribution in [3.8, 4) is 0 Å². The van der Waals surface area contributed by atoms with Crippen molar-refractivity contribution < 1.29 is 10.2 Å². The van der Waals surface area contributed by atoms with Gasteiger partial charge in [0.15, 0.2) is 0 Å². The van der Waals surface area contributed by atoms with Crippen molar-refractivity contribution in [2.75, 3.05) is 6.61 Å². The highest BCUT2D eigenvalue weighted by Gasteiger charge is 2.48. The maximum atomic E-state index is 9.99. The van der Waals surface area contributed by atoms with E-state index in [0.29, 0.717) is 23.9 Å². The first-order valence-corrected chi connectivity index (χ1v) is 10.4. The van der Waals surface area contributed by atoms with Crippen molar-refractivity contribution in [3.63, 3.8) is 0 Å². The molecular weight excluding hydrogens is 308 g/mol. The molecule has 3 aliphatic rings. The van der Waals surface area contributed by atoms with Gasteiger partial charge >= 0.3 is 0 Å². The Balaban J connectivity index is 0.00000109. The first-order valence-electron chi connectivity index (χ1n) is 10.4. The second kappa shape index (κ2) is 9.19. The van der Waals surface area contributed by atoms with Gasteiger partial charge in [-0.1, -0.05) is 45.1 Å². The average Bonchev–Trinajstić information content (AvgIpc) is 2.95. The van der Waals surface area contributed by atoms with Crippen molar-refractivity contribution >= 4 is 0 Å². The Morgan fingerprint density at radius 3 is 2.60 bits per heavy atom. The smallest absolute Gasteiger partial charge is 0.0787 e. The number of aliphatic hydroxyl groups excluding tert-OH is 2. The van der Waals surface area contributed by atoms with E-state index in [2.05, 4.69) is 25.7 Å². The second-order valence-corrected chi connectivity index (χ2v) is 8.07. The molecule has 3 rings (SSSR count). The molecule has 0 heterocycles. The zero-order valence-corrected chi connectivity index (χ0v) is 16.6. The Morgan fingerprint density at radius 2 is 1.88 bits per heavy atom. The molecule has 2 nitrogen and oxygen atoms in total. The van der Waals surface area contributed by atoms with Crippen LogP contribution in [0.15, 0.2) is 35.5 Å². The van der Waals surface area contributed by atoms with E-state index in [-0.39, 0.29) is 6.10 Å². The van der Waals surface area contributed by atoms with Crippen LogP contribution in [-0.2, 0) is 0 Å². The molecule has 3 aliphatic carbocycles. The molecule has 0 aromatic rings. The fraction of sp³-hybridized carbons (Fsp3) is 0.739. The van der Waals surface area contributed by atoms with E-state index in [4.69, 9.17) is 0 Å². The van der Waals surface area contributed by atoms with E-state index in [9.17, 15) is 10.2 Å². The van der Waals surface area contributed by atoms with E-state index < -0.39 is 0 Å². The molecule has 4 atom stereocenters. The Labute approximate surface area is 154 Å². The van der Waals surface area contributed by atoms with Gasteiger partial charge in [-0.3, -0.25) is 0 Å². The molecule has 25 heavy (non-hydrogen) atoms. The minimum atomic E-state index is -0.342. The van der Waals surface area contributed by atoms with E-state index >= 15 is 0 Å². The van der Waals surface area contributed by atoms with Crippen molar-refractivity contribution in [2.45, 2.75) is 84.7 Å². The van der Waals surface area contributed by atoms with Crippen molar-refractivity contribution in [3.05, 3.63) is 35.5 Å². The molecule has 0 aliphatic heterocycles. The van der Waals surface area contributed by atoms with Crippen LogP contribution in [0.1, 0.15) is 78.6 Å². The lowest BCUT2D eigenvalue weighted by atomic mass is 9.63.